The Morgan fingerprint density at radius 2 is 2.04 bits per heavy atom. The Labute approximate surface area is 148 Å². The first-order chi connectivity index (χ1) is 12.0. The van der Waals surface area contributed by atoms with E-state index in [9.17, 15) is 9.90 Å². The second kappa shape index (κ2) is 7.35. The number of nitrogens with one attached hydrogen (secondary N) is 2. The average Bonchev–Trinajstić information content (AvgIpc) is 2.61. The monoisotopic (exact) mass is 342 g/mol. The zero-order chi connectivity index (χ0) is 17.9. The minimum Gasteiger partial charge on any atom is -0.394 e. The molecule has 0 unspecified atom stereocenters. The SMILES string of the molecule is CC(C)(CO)NC(=O)c1ccc2cnc(NC3CCCCC3)nc2c1. The number of hydrogen-bond donors (Lipinski definition) is 3. The smallest absolute Gasteiger partial charge is 0.251 e. The molecule has 6 heteroatoms. The summed E-state index contributed by atoms with van der Waals surface area (Å²) in [7, 11) is 0. The van der Waals surface area contributed by atoms with E-state index in [0.29, 0.717) is 17.6 Å². The Hall–Kier alpha value is -2.21. The van der Waals surface area contributed by atoms with E-state index in [1.54, 1.807) is 32.2 Å². The average molecular weight is 342 g/mol. The molecular formula is C19H26N4O2. The Balaban J connectivity index is 1.79. The third-order valence-corrected chi connectivity index (χ3v) is 4.63. The number of anilines is 1. The number of aromatic nitrogens is 2. The highest BCUT2D eigenvalue weighted by atomic mass is 16.3. The Morgan fingerprint density at radius 3 is 2.76 bits per heavy atom. The quantitative estimate of drug-likeness (QED) is 0.778. The third kappa shape index (κ3) is 4.45. The van der Waals surface area contributed by atoms with Gasteiger partial charge in [-0.2, -0.15) is 0 Å². The largest absolute Gasteiger partial charge is 0.394 e. The van der Waals surface area contributed by atoms with Crippen molar-refractivity contribution in [3.05, 3.63) is 30.0 Å². The summed E-state index contributed by atoms with van der Waals surface area (Å²) in [5, 5.41) is 16.4. The van der Waals surface area contributed by atoms with Crippen molar-refractivity contribution in [1.29, 1.82) is 0 Å². The van der Waals surface area contributed by atoms with Crippen LogP contribution < -0.4 is 10.6 Å². The van der Waals surface area contributed by atoms with Crippen LogP contribution in [0.3, 0.4) is 0 Å². The lowest BCUT2D eigenvalue weighted by Crippen LogP contribution is -2.46. The van der Waals surface area contributed by atoms with Crippen molar-refractivity contribution in [3.63, 3.8) is 0 Å². The number of hydrogen-bond acceptors (Lipinski definition) is 5. The molecule has 0 atom stereocenters. The molecule has 6 nitrogen and oxygen atoms in total. The standard InChI is InChI=1S/C19H26N4O2/c1-19(2,12-24)23-17(25)13-8-9-14-11-20-18(22-16(14)10-13)21-15-6-4-3-5-7-15/h8-11,15,24H,3-7,12H2,1-2H3,(H,23,25)(H,20,21,22). The lowest BCUT2D eigenvalue weighted by Gasteiger charge is -2.23. The van der Waals surface area contributed by atoms with Crippen molar-refractivity contribution in [2.24, 2.45) is 0 Å². The normalized spacial score (nSPS) is 16.0. The summed E-state index contributed by atoms with van der Waals surface area (Å²) in [5.41, 5.74) is 0.602. The minimum atomic E-state index is -0.661. The van der Waals surface area contributed by atoms with Crippen LogP contribution in [0.4, 0.5) is 5.95 Å². The predicted octanol–water partition coefficient (Wildman–Crippen LogP) is 2.88. The van der Waals surface area contributed by atoms with Crippen molar-refractivity contribution in [2.45, 2.75) is 57.5 Å². The lowest BCUT2D eigenvalue weighted by molar-refractivity contribution is 0.0869. The first-order valence-corrected chi connectivity index (χ1v) is 8.93. The van der Waals surface area contributed by atoms with Crippen molar-refractivity contribution >= 4 is 22.8 Å². The topological polar surface area (TPSA) is 87.1 Å². The van der Waals surface area contributed by atoms with Crippen LogP contribution in [0.5, 0.6) is 0 Å². The van der Waals surface area contributed by atoms with Crippen LogP contribution in [0, 0.1) is 0 Å². The van der Waals surface area contributed by atoms with Gasteiger partial charge in [0.25, 0.3) is 5.91 Å². The number of amides is 1. The van der Waals surface area contributed by atoms with Gasteiger partial charge in [0, 0.05) is 23.2 Å². The van der Waals surface area contributed by atoms with Gasteiger partial charge in [-0.05, 0) is 38.8 Å². The van der Waals surface area contributed by atoms with Gasteiger partial charge in [0.15, 0.2) is 0 Å². The van der Waals surface area contributed by atoms with Crippen LogP contribution >= 0.6 is 0 Å². The Morgan fingerprint density at radius 1 is 1.28 bits per heavy atom. The molecule has 3 N–H and O–H groups in total. The first kappa shape index (κ1) is 17.6. The van der Waals surface area contributed by atoms with Crippen LogP contribution in [0.25, 0.3) is 10.9 Å². The van der Waals surface area contributed by atoms with E-state index in [-0.39, 0.29) is 12.5 Å². The van der Waals surface area contributed by atoms with Gasteiger partial charge in [-0.25, -0.2) is 9.97 Å². The molecule has 2 aromatic rings. The minimum absolute atomic E-state index is 0.121. The number of aliphatic hydroxyl groups is 1. The maximum Gasteiger partial charge on any atom is 0.251 e. The Kier molecular flexibility index (Phi) is 5.18. The van der Waals surface area contributed by atoms with Crippen molar-refractivity contribution in [2.75, 3.05) is 11.9 Å². The molecule has 25 heavy (non-hydrogen) atoms. The number of nitrogens with zero attached hydrogens (tertiary/aromatic N) is 2. The fourth-order valence-corrected chi connectivity index (χ4v) is 3.08. The molecule has 1 aromatic carbocycles. The molecule has 0 saturated heterocycles. The van der Waals surface area contributed by atoms with Crippen LogP contribution in [-0.4, -0.2) is 39.2 Å². The van der Waals surface area contributed by atoms with Gasteiger partial charge in [0.05, 0.1) is 17.7 Å². The summed E-state index contributed by atoms with van der Waals surface area (Å²) in [6.07, 6.45) is 7.89. The highest BCUT2D eigenvalue weighted by Gasteiger charge is 2.20. The highest BCUT2D eigenvalue weighted by Crippen LogP contribution is 2.21. The van der Waals surface area contributed by atoms with Gasteiger partial charge in [-0.15, -0.1) is 0 Å². The fraction of sp³-hybridized carbons (Fsp3) is 0.526. The number of rotatable bonds is 5. The van der Waals surface area contributed by atoms with Crippen molar-refractivity contribution < 1.29 is 9.90 Å². The number of carbonyl (C=O) groups is 1. The van der Waals surface area contributed by atoms with Gasteiger partial charge < -0.3 is 15.7 Å². The van der Waals surface area contributed by atoms with E-state index in [1.165, 1.54) is 19.3 Å². The van der Waals surface area contributed by atoms with Gasteiger partial charge >= 0.3 is 0 Å². The van der Waals surface area contributed by atoms with E-state index >= 15 is 0 Å². The molecule has 1 aliphatic rings. The maximum absolute atomic E-state index is 12.4. The predicted molar refractivity (Wildman–Crippen MR) is 98.7 cm³/mol. The molecule has 0 spiro atoms. The lowest BCUT2D eigenvalue weighted by atomic mass is 9.96. The maximum atomic E-state index is 12.4. The second-order valence-electron chi connectivity index (χ2n) is 7.44. The second-order valence-corrected chi connectivity index (χ2v) is 7.44. The summed E-state index contributed by atoms with van der Waals surface area (Å²) >= 11 is 0. The fourth-order valence-electron chi connectivity index (χ4n) is 3.08. The molecule has 3 rings (SSSR count). The molecule has 0 aliphatic heterocycles. The zero-order valence-electron chi connectivity index (χ0n) is 14.9. The van der Waals surface area contributed by atoms with Gasteiger partial charge in [0.2, 0.25) is 5.95 Å². The van der Waals surface area contributed by atoms with Gasteiger partial charge in [-0.3, -0.25) is 4.79 Å². The molecule has 0 bridgehead atoms. The molecule has 1 fully saturated rings. The van der Waals surface area contributed by atoms with E-state index in [1.807, 2.05) is 6.07 Å². The summed E-state index contributed by atoms with van der Waals surface area (Å²) in [5.74, 6) is 0.397. The van der Waals surface area contributed by atoms with Crippen LogP contribution in [0.15, 0.2) is 24.4 Å². The van der Waals surface area contributed by atoms with Crippen molar-refractivity contribution in [3.8, 4) is 0 Å². The van der Waals surface area contributed by atoms with Gasteiger partial charge in [0.1, 0.15) is 0 Å². The molecule has 1 heterocycles. The number of carbonyl (C=O) groups excluding carboxylic acids is 1. The van der Waals surface area contributed by atoms with Crippen LogP contribution in [0.2, 0.25) is 0 Å². The number of aliphatic hydroxyl groups excluding tert-OH is 1. The van der Waals surface area contributed by atoms with Crippen LogP contribution in [-0.2, 0) is 0 Å². The third-order valence-electron chi connectivity index (χ3n) is 4.63. The molecule has 1 saturated carbocycles. The molecule has 1 aliphatic carbocycles. The summed E-state index contributed by atoms with van der Waals surface area (Å²) in [6.45, 7) is 3.44. The summed E-state index contributed by atoms with van der Waals surface area (Å²) in [6, 6.07) is 5.80. The zero-order valence-corrected chi connectivity index (χ0v) is 14.9. The number of fused-ring (bicyclic) bond motifs is 1. The molecule has 134 valence electrons. The molecule has 1 aromatic heterocycles. The van der Waals surface area contributed by atoms with E-state index in [0.717, 1.165) is 23.7 Å². The number of benzene rings is 1. The van der Waals surface area contributed by atoms with Crippen molar-refractivity contribution in [1.82, 2.24) is 15.3 Å². The first-order valence-electron chi connectivity index (χ1n) is 8.93. The van der Waals surface area contributed by atoms with E-state index in [2.05, 4.69) is 20.6 Å². The summed E-state index contributed by atoms with van der Waals surface area (Å²) < 4.78 is 0. The molecular weight excluding hydrogens is 316 g/mol. The van der Waals surface area contributed by atoms with E-state index < -0.39 is 5.54 Å². The molecule has 0 radical (unpaired) electrons. The molecule has 1 amide bonds. The summed E-state index contributed by atoms with van der Waals surface area (Å²) in [4.78, 5) is 21.4. The van der Waals surface area contributed by atoms with Gasteiger partial charge in [-0.1, -0.05) is 25.3 Å². The van der Waals surface area contributed by atoms with Crippen LogP contribution in [0.1, 0.15) is 56.3 Å². The van der Waals surface area contributed by atoms with E-state index in [4.69, 9.17) is 0 Å². The Bertz CT molecular complexity index is 754. The highest BCUT2D eigenvalue weighted by molar-refractivity contribution is 5.98.